The fourth-order valence-electron chi connectivity index (χ4n) is 1.63. The van der Waals surface area contributed by atoms with E-state index in [9.17, 15) is 5.11 Å². The van der Waals surface area contributed by atoms with E-state index in [4.69, 9.17) is 5.73 Å². The standard InChI is InChI=1S/C11H13N3O/c1-7-9(6-12)11(15)10(14-7)8-2-4-13-5-3-8/h2-5,14-15H,6,12H2,1H3. The fraction of sp³-hybridized carbons (Fsp3) is 0.182. The summed E-state index contributed by atoms with van der Waals surface area (Å²) < 4.78 is 0. The molecule has 0 saturated heterocycles. The SMILES string of the molecule is Cc1[nH]c(-c2ccncc2)c(O)c1CN. The Kier molecular flexibility index (Phi) is 2.43. The predicted octanol–water partition coefficient (Wildman–Crippen LogP) is 1.55. The molecule has 0 saturated carbocycles. The zero-order valence-corrected chi connectivity index (χ0v) is 8.49. The van der Waals surface area contributed by atoms with E-state index in [-0.39, 0.29) is 5.75 Å². The lowest BCUT2D eigenvalue weighted by molar-refractivity contribution is 0.472. The van der Waals surface area contributed by atoms with Crippen LogP contribution in [0.4, 0.5) is 0 Å². The molecule has 0 amide bonds. The quantitative estimate of drug-likeness (QED) is 0.693. The van der Waals surface area contributed by atoms with Gasteiger partial charge in [-0.05, 0) is 19.1 Å². The van der Waals surface area contributed by atoms with E-state index >= 15 is 0 Å². The number of nitrogens with two attached hydrogens (primary N) is 1. The van der Waals surface area contributed by atoms with Crippen LogP contribution in [-0.4, -0.2) is 15.1 Å². The second kappa shape index (κ2) is 3.74. The molecular weight excluding hydrogens is 190 g/mol. The zero-order chi connectivity index (χ0) is 10.8. The lowest BCUT2D eigenvalue weighted by atomic mass is 10.1. The zero-order valence-electron chi connectivity index (χ0n) is 8.49. The summed E-state index contributed by atoms with van der Waals surface area (Å²) in [5.41, 5.74) is 8.83. The summed E-state index contributed by atoms with van der Waals surface area (Å²) >= 11 is 0. The van der Waals surface area contributed by atoms with Crippen LogP contribution in [0.15, 0.2) is 24.5 Å². The van der Waals surface area contributed by atoms with Gasteiger partial charge in [0, 0.05) is 35.8 Å². The minimum absolute atomic E-state index is 0.237. The van der Waals surface area contributed by atoms with Crippen molar-refractivity contribution in [1.82, 2.24) is 9.97 Å². The minimum atomic E-state index is 0.237. The number of rotatable bonds is 2. The molecule has 0 aliphatic rings. The molecular formula is C11H13N3O. The van der Waals surface area contributed by atoms with Gasteiger partial charge in [0.15, 0.2) is 0 Å². The van der Waals surface area contributed by atoms with Crippen molar-refractivity contribution in [2.75, 3.05) is 0 Å². The summed E-state index contributed by atoms with van der Waals surface area (Å²) in [6, 6.07) is 3.68. The van der Waals surface area contributed by atoms with E-state index in [1.807, 2.05) is 19.1 Å². The van der Waals surface area contributed by atoms with Crippen molar-refractivity contribution in [3.63, 3.8) is 0 Å². The van der Waals surface area contributed by atoms with Gasteiger partial charge in [0.05, 0.1) is 5.69 Å². The number of hydrogen-bond acceptors (Lipinski definition) is 3. The van der Waals surface area contributed by atoms with Crippen molar-refractivity contribution in [3.05, 3.63) is 35.8 Å². The molecule has 2 heterocycles. The largest absolute Gasteiger partial charge is 0.505 e. The first kappa shape index (κ1) is 9.73. The van der Waals surface area contributed by atoms with Crippen LogP contribution < -0.4 is 5.73 Å². The molecule has 2 rings (SSSR count). The summed E-state index contributed by atoms with van der Waals surface area (Å²) in [5.74, 6) is 0.237. The van der Waals surface area contributed by atoms with E-state index in [0.29, 0.717) is 12.2 Å². The number of nitrogens with zero attached hydrogens (tertiary/aromatic N) is 1. The van der Waals surface area contributed by atoms with Crippen LogP contribution in [0, 0.1) is 6.92 Å². The van der Waals surface area contributed by atoms with Gasteiger partial charge in [0.25, 0.3) is 0 Å². The van der Waals surface area contributed by atoms with Crippen molar-refractivity contribution < 1.29 is 5.11 Å². The van der Waals surface area contributed by atoms with Crippen molar-refractivity contribution in [1.29, 1.82) is 0 Å². The number of hydrogen-bond donors (Lipinski definition) is 3. The van der Waals surface area contributed by atoms with E-state index in [1.54, 1.807) is 12.4 Å². The lowest BCUT2D eigenvalue weighted by Crippen LogP contribution is -1.96. The topological polar surface area (TPSA) is 74.9 Å². The molecule has 15 heavy (non-hydrogen) atoms. The maximum absolute atomic E-state index is 9.93. The summed E-state index contributed by atoms with van der Waals surface area (Å²) in [5, 5.41) is 9.93. The molecule has 4 nitrogen and oxygen atoms in total. The van der Waals surface area contributed by atoms with Crippen LogP contribution in [0.25, 0.3) is 11.3 Å². The monoisotopic (exact) mass is 203 g/mol. The smallest absolute Gasteiger partial charge is 0.145 e. The predicted molar refractivity (Wildman–Crippen MR) is 58.3 cm³/mol. The van der Waals surface area contributed by atoms with Crippen LogP contribution in [0.1, 0.15) is 11.3 Å². The minimum Gasteiger partial charge on any atom is -0.505 e. The Morgan fingerprint density at radius 2 is 2.07 bits per heavy atom. The average molecular weight is 203 g/mol. The molecule has 0 bridgehead atoms. The molecule has 2 aromatic heterocycles. The number of aromatic hydroxyl groups is 1. The highest BCUT2D eigenvalue weighted by atomic mass is 16.3. The number of aryl methyl sites for hydroxylation is 1. The Bertz CT molecular complexity index is 462. The molecule has 0 unspecified atom stereocenters. The highest BCUT2D eigenvalue weighted by molar-refractivity contribution is 5.69. The van der Waals surface area contributed by atoms with Gasteiger partial charge in [-0.2, -0.15) is 0 Å². The van der Waals surface area contributed by atoms with E-state index < -0.39 is 0 Å². The highest BCUT2D eigenvalue weighted by Gasteiger charge is 2.13. The van der Waals surface area contributed by atoms with Gasteiger partial charge in [-0.3, -0.25) is 4.98 Å². The summed E-state index contributed by atoms with van der Waals surface area (Å²) in [6.45, 7) is 2.23. The van der Waals surface area contributed by atoms with Crippen LogP contribution in [-0.2, 0) is 6.54 Å². The van der Waals surface area contributed by atoms with Gasteiger partial charge in [-0.25, -0.2) is 0 Å². The molecule has 0 radical (unpaired) electrons. The van der Waals surface area contributed by atoms with Crippen molar-refractivity contribution in [3.8, 4) is 17.0 Å². The third-order valence-corrected chi connectivity index (χ3v) is 2.46. The van der Waals surface area contributed by atoms with Gasteiger partial charge in [-0.15, -0.1) is 0 Å². The first-order valence-electron chi connectivity index (χ1n) is 4.75. The first-order valence-corrected chi connectivity index (χ1v) is 4.75. The Labute approximate surface area is 87.8 Å². The molecule has 0 aromatic carbocycles. The Morgan fingerprint density at radius 1 is 1.40 bits per heavy atom. The van der Waals surface area contributed by atoms with Crippen LogP contribution in [0.2, 0.25) is 0 Å². The maximum atomic E-state index is 9.93. The number of nitrogens with one attached hydrogen (secondary N) is 1. The van der Waals surface area contributed by atoms with E-state index in [1.165, 1.54) is 0 Å². The third-order valence-electron chi connectivity index (χ3n) is 2.46. The summed E-state index contributed by atoms with van der Waals surface area (Å²) in [7, 11) is 0. The van der Waals surface area contributed by atoms with Crippen LogP contribution in [0.3, 0.4) is 0 Å². The highest BCUT2D eigenvalue weighted by Crippen LogP contribution is 2.33. The normalized spacial score (nSPS) is 10.5. The molecule has 4 N–H and O–H groups in total. The fourth-order valence-corrected chi connectivity index (χ4v) is 1.63. The van der Waals surface area contributed by atoms with Gasteiger partial charge in [0.1, 0.15) is 5.75 Å². The molecule has 0 aliphatic heterocycles. The Balaban J connectivity index is 2.55. The number of aromatic amines is 1. The molecule has 0 spiro atoms. The average Bonchev–Trinajstić information content (AvgIpc) is 2.55. The number of H-pyrrole nitrogens is 1. The van der Waals surface area contributed by atoms with Gasteiger partial charge in [0.2, 0.25) is 0 Å². The van der Waals surface area contributed by atoms with Crippen molar-refractivity contribution in [2.24, 2.45) is 5.73 Å². The first-order chi connectivity index (χ1) is 7.24. The van der Waals surface area contributed by atoms with Crippen molar-refractivity contribution >= 4 is 0 Å². The molecule has 78 valence electrons. The van der Waals surface area contributed by atoms with Gasteiger partial charge >= 0.3 is 0 Å². The number of pyridine rings is 1. The van der Waals surface area contributed by atoms with E-state index in [0.717, 1.165) is 16.8 Å². The molecule has 0 atom stereocenters. The van der Waals surface area contributed by atoms with Gasteiger partial charge in [-0.1, -0.05) is 0 Å². The molecule has 0 fully saturated rings. The molecule has 2 aromatic rings. The summed E-state index contributed by atoms with van der Waals surface area (Å²) in [6.07, 6.45) is 3.38. The Morgan fingerprint density at radius 3 is 2.60 bits per heavy atom. The lowest BCUT2D eigenvalue weighted by Gasteiger charge is -1.98. The Hall–Kier alpha value is -1.81. The van der Waals surface area contributed by atoms with E-state index in [2.05, 4.69) is 9.97 Å². The van der Waals surface area contributed by atoms with Gasteiger partial charge < -0.3 is 15.8 Å². The summed E-state index contributed by atoms with van der Waals surface area (Å²) in [4.78, 5) is 7.05. The second-order valence-corrected chi connectivity index (χ2v) is 3.39. The third kappa shape index (κ3) is 1.59. The van der Waals surface area contributed by atoms with Crippen LogP contribution >= 0.6 is 0 Å². The molecule has 4 heteroatoms. The molecule has 0 aliphatic carbocycles. The van der Waals surface area contributed by atoms with Crippen molar-refractivity contribution in [2.45, 2.75) is 13.5 Å². The number of aromatic nitrogens is 2. The maximum Gasteiger partial charge on any atom is 0.145 e. The second-order valence-electron chi connectivity index (χ2n) is 3.39. The van der Waals surface area contributed by atoms with Crippen LogP contribution in [0.5, 0.6) is 5.75 Å².